The average molecular weight is 422 g/mol. The highest BCUT2D eigenvalue weighted by molar-refractivity contribution is 7.98. The number of benzene rings is 3. The highest BCUT2D eigenvalue weighted by atomic mass is 32.2. The molecule has 0 saturated heterocycles. The van der Waals surface area contributed by atoms with Crippen LogP contribution in [0.4, 0.5) is 0 Å². The predicted molar refractivity (Wildman–Crippen MR) is 123 cm³/mol. The van der Waals surface area contributed by atoms with Gasteiger partial charge in [-0.3, -0.25) is 4.79 Å². The Morgan fingerprint density at radius 1 is 1.00 bits per heavy atom. The van der Waals surface area contributed by atoms with Crippen molar-refractivity contribution in [3.8, 4) is 11.5 Å². The molecule has 0 aromatic heterocycles. The minimum atomic E-state index is -0.101. The lowest BCUT2D eigenvalue weighted by atomic mass is 10.1. The molecule has 5 heteroatoms. The van der Waals surface area contributed by atoms with Crippen molar-refractivity contribution < 1.29 is 14.3 Å². The van der Waals surface area contributed by atoms with Crippen molar-refractivity contribution in [2.75, 3.05) is 13.7 Å². The van der Waals surface area contributed by atoms with Crippen molar-refractivity contribution in [3.63, 3.8) is 0 Å². The number of hydrogen-bond acceptors (Lipinski definition) is 4. The molecule has 0 radical (unpaired) electrons. The summed E-state index contributed by atoms with van der Waals surface area (Å²) >= 11 is 1.73. The fourth-order valence-corrected chi connectivity index (χ4v) is 3.83. The molecule has 3 rings (SSSR count). The maximum absolute atomic E-state index is 12.7. The van der Waals surface area contributed by atoms with E-state index in [-0.39, 0.29) is 5.91 Å². The molecule has 0 aliphatic carbocycles. The van der Waals surface area contributed by atoms with Gasteiger partial charge in [0.25, 0.3) is 5.91 Å². The number of rotatable bonds is 9. The molecule has 1 amide bonds. The molecule has 3 aromatic carbocycles. The standard InChI is InChI=1S/C25H27NO3S/c1-4-29-24-14-9-20(15-21(24)17-30-23-12-5-18(2)6-13-23)25(27)26-16-19-7-10-22(28-3)11-8-19/h5-15H,4,16-17H2,1-3H3,(H,26,27). The molecule has 0 heterocycles. The largest absolute Gasteiger partial charge is 0.497 e. The molecule has 4 nitrogen and oxygen atoms in total. The number of carbonyl (C=O) groups is 1. The van der Waals surface area contributed by atoms with Crippen LogP contribution in [0.2, 0.25) is 0 Å². The van der Waals surface area contributed by atoms with Crippen molar-refractivity contribution in [2.45, 2.75) is 31.0 Å². The third-order valence-corrected chi connectivity index (χ3v) is 5.71. The lowest BCUT2D eigenvalue weighted by Gasteiger charge is -2.13. The zero-order valence-corrected chi connectivity index (χ0v) is 18.4. The lowest BCUT2D eigenvalue weighted by Crippen LogP contribution is -2.22. The molecule has 156 valence electrons. The van der Waals surface area contributed by atoms with E-state index in [0.717, 1.165) is 28.4 Å². The Kier molecular flexibility index (Phi) is 7.80. The normalized spacial score (nSPS) is 10.5. The first-order chi connectivity index (χ1) is 14.6. The molecule has 3 aromatic rings. The van der Waals surface area contributed by atoms with Gasteiger partial charge >= 0.3 is 0 Å². The van der Waals surface area contributed by atoms with E-state index < -0.39 is 0 Å². The van der Waals surface area contributed by atoms with Crippen LogP contribution >= 0.6 is 11.8 Å². The van der Waals surface area contributed by atoms with E-state index in [1.54, 1.807) is 18.9 Å². The highest BCUT2D eigenvalue weighted by Gasteiger charge is 2.11. The topological polar surface area (TPSA) is 47.6 Å². The van der Waals surface area contributed by atoms with E-state index in [9.17, 15) is 4.79 Å². The number of aryl methyl sites for hydroxylation is 1. The summed E-state index contributed by atoms with van der Waals surface area (Å²) in [6.45, 7) is 5.09. The van der Waals surface area contributed by atoms with E-state index in [1.807, 2.05) is 49.4 Å². The lowest BCUT2D eigenvalue weighted by molar-refractivity contribution is 0.0951. The van der Waals surface area contributed by atoms with E-state index in [4.69, 9.17) is 9.47 Å². The highest BCUT2D eigenvalue weighted by Crippen LogP contribution is 2.29. The summed E-state index contributed by atoms with van der Waals surface area (Å²) in [5.74, 6) is 2.25. The first-order valence-electron chi connectivity index (χ1n) is 9.95. The van der Waals surface area contributed by atoms with Gasteiger partial charge in [-0.15, -0.1) is 11.8 Å². The van der Waals surface area contributed by atoms with Gasteiger partial charge in [-0.05, 0) is 61.9 Å². The van der Waals surface area contributed by atoms with Crippen LogP contribution in [0.1, 0.15) is 34.0 Å². The summed E-state index contributed by atoms with van der Waals surface area (Å²) < 4.78 is 10.9. The van der Waals surface area contributed by atoms with Gasteiger partial charge in [0.1, 0.15) is 11.5 Å². The number of ether oxygens (including phenoxy) is 2. The van der Waals surface area contributed by atoms with Crippen LogP contribution in [0.25, 0.3) is 0 Å². The van der Waals surface area contributed by atoms with Crippen LogP contribution in [0.3, 0.4) is 0 Å². The third kappa shape index (κ3) is 6.04. The van der Waals surface area contributed by atoms with Gasteiger partial charge in [-0.2, -0.15) is 0 Å². The zero-order valence-electron chi connectivity index (χ0n) is 17.6. The molecule has 0 fully saturated rings. The Morgan fingerprint density at radius 3 is 2.40 bits per heavy atom. The fourth-order valence-electron chi connectivity index (χ4n) is 2.95. The van der Waals surface area contributed by atoms with Gasteiger partial charge in [0.15, 0.2) is 0 Å². The quantitative estimate of drug-likeness (QED) is 0.455. The molecule has 0 bridgehead atoms. The number of hydrogen-bond donors (Lipinski definition) is 1. The van der Waals surface area contributed by atoms with Crippen LogP contribution in [0, 0.1) is 6.92 Å². The zero-order chi connectivity index (χ0) is 21.3. The number of amides is 1. The van der Waals surface area contributed by atoms with E-state index in [1.165, 1.54) is 10.5 Å². The summed E-state index contributed by atoms with van der Waals surface area (Å²) in [4.78, 5) is 13.9. The van der Waals surface area contributed by atoms with Crippen LogP contribution in [-0.2, 0) is 12.3 Å². The summed E-state index contributed by atoms with van der Waals surface area (Å²) in [6, 6.07) is 21.7. The molecule has 1 N–H and O–H groups in total. The molecular formula is C25H27NO3S. The molecule has 0 unspecified atom stereocenters. The average Bonchev–Trinajstić information content (AvgIpc) is 2.78. The maximum atomic E-state index is 12.7. The second-order valence-corrected chi connectivity index (χ2v) is 7.94. The number of nitrogens with one attached hydrogen (secondary N) is 1. The van der Waals surface area contributed by atoms with Crippen molar-refractivity contribution >= 4 is 17.7 Å². The monoisotopic (exact) mass is 421 g/mol. The van der Waals surface area contributed by atoms with Gasteiger partial charge in [-0.25, -0.2) is 0 Å². The maximum Gasteiger partial charge on any atom is 0.251 e. The second kappa shape index (κ2) is 10.7. The fraction of sp³-hybridized carbons (Fsp3) is 0.240. The van der Waals surface area contributed by atoms with Crippen molar-refractivity contribution in [2.24, 2.45) is 0 Å². The molecule has 0 atom stereocenters. The smallest absolute Gasteiger partial charge is 0.251 e. The van der Waals surface area contributed by atoms with E-state index >= 15 is 0 Å². The summed E-state index contributed by atoms with van der Waals surface area (Å²) in [6.07, 6.45) is 0. The Labute approximate surface area is 182 Å². The van der Waals surface area contributed by atoms with Crippen LogP contribution < -0.4 is 14.8 Å². The summed E-state index contributed by atoms with van der Waals surface area (Å²) in [5, 5.41) is 2.98. The predicted octanol–water partition coefficient (Wildman–Crippen LogP) is 5.62. The number of thioether (sulfide) groups is 1. The Bertz CT molecular complexity index is 969. The van der Waals surface area contributed by atoms with Crippen molar-refractivity contribution in [1.82, 2.24) is 5.32 Å². The Balaban J connectivity index is 1.68. The molecule has 30 heavy (non-hydrogen) atoms. The Hall–Kier alpha value is -2.92. The summed E-state index contributed by atoms with van der Waals surface area (Å²) in [7, 11) is 1.64. The SMILES string of the molecule is CCOc1ccc(C(=O)NCc2ccc(OC)cc2)cc1CSc1ccc(C)cc1. The van der Waals surface area contributed by atoms with Gasteiger partial charge in [0, 0.05) is 28.3 Å². The number of methoxy groups -OCH3 is 1. The molecular weight excluding hydrogens is 394 g/mol. The van der Waals surface area contributed by atoms with Gasteiger partial charge in [0.05, 0.1) is 13.7 Å². The first-order valence-corrected chi connectivity index (χ1v) is 10.9. The third-order valence-electron chi connectivity index (χ3n) is 4.65. The van der Waals surface area contributed by atoms with Gasteiger partial charge in [-0.1, -0.05) is 29.8 Å². The molecule has 0 aliphatic rings. The minimum absolute atomic E-state index is 0.101. The van der Waals surface area contributed by atoms with Gasteiger partial charge in [0.2, 0.25) is 0 Å². The van der Waals surface area contributed by atoms with Crippen LogP contribution in [0.5, 0.6) is 11.5 Å². The van der Waals surface area contributed by atoms with Crippen LogP contribution in [-0.4, -0.2) is 19.6 Å². The van der Waals surface area contributed by atoms with Crippen molar-refractivity contribution in [3.05, 3.63) is 89.0 Å². The molecule has 0 spiro atoms. The van der Waals surface area contributed by atoms with Gasteiger partial charge < -0.3 is 14.8 Å². The van der Waals surface area contributed by atoms with Crippen molar-refractivity contribution in [1.29, 1.82) is 0 Å². The number of carbonyl (C=O) groups excluding carboxylic acids is 1. The Morgan fingerprint density at radius 2 is 1.73 bits per heavy atom. The van der Waals surface area contributed by atoms with Crippen LogP contribution in [0.15, 0.2) is 71.6 Å². The summed E-state index contributed by atoms with van der Waals surface area (Å²) in [5.41, 5.74) is 3.90. The molecule has 0 saturated carbocycles. The van der Waals surface area contributed by atoms with E-state index in [2.05, 4.69) is 36.5 Å². The minimum Gasteiger partial charge on any atom is -0.497 e. The second-order valence-electron chi connectivity index (χ2n) is 6.89. The first kappa shape index (κ1) is 21.8. The molecule has 0 aliphatic heterocycles. The van der Waals surface area contributed by atoms with E-state index in [0.29, 0.717) is 18.7 Å².